The number of aliphatic imine (C=N–C) groups is 1. The molecule has 2 amide bonds. The summed E-state index contributed by atoms with van der Waals surface area (Å²) >= 11 is 4.61. The highest BCUT2D eigenvalue weighted by molar-refractivity contribution is 9.10. The maximum absolute atomic E-state index is 12.6. The second kappa shape index (κ2) is 13.1. The molecule has 0 atom stereocenters. The van der Waals surface area contributed by atoms with E-state index in [-0.39, 0.29) is 18.4 Å². The fourth-order valence-corrected chi connectivity index (χ4v) is 4.68. The Hall–Kier alpha value is -4.09. The molecule has 9 nitrogen and oxygen atoms in total. The summed E-state index contributed by atoms with van der Waals surface area (Å²) in [5, 5.41) is 5.90. The normalized spacial score (nSPS) is 14.7. The van der Waals surface area contributed by atoms with E-state index in [1.54, 1.807) is 73.7 Å². The van der Waals surface area contributed by atoms with Crippen LogP contribution in [-0.4, -0.2) is 43.3 Å². The van der Waals surface area contributed by atoms with E-state index in [0.717, 1.165) is 4.47 Å². The molecule has 1 aliphatic heterocycles. The molecule has 200 valence electrons. The monoisotopic (exact) mass is 609 g/mol. The highest BCUT2D eigenvalue weighted by Gasteiger charge is 2.24. The molecule has 39 heavy (non-hydrogen) atoms. The number of ether oxygens (including phenoxy) is 3. The molecule has 1 saturated heterocycles. The van der Waals surface area contributed by atoms with Crippen LogP contribution >= 0.6 is 27.7 Å². The summed E-state index contributed by atoms with van der Waals surface area (Å²) in [6, 6.07) is 18.9. The first-order chi connectivity index (χ1) is 18.9. The summed E-state index contributed by atoms with van der Waals surface area (Å²) < 4.78 is 16.8. The van der Waals surface area contributed by atoms with E-state index in [1.165, 1.54) is 18.9 Å². The first-order valence-electron chi connectivity index (χ1n) is 11.8. The van der Waals surface area contributed by atoms with Gasteiger partial charge in [0.2, 0.25) is 0 Å². The Morgan fingerprint density at radius 3 is 2.59 bits per heavy atom. The van der Waals surface area contributed by atoms with Gasteiger partial charge in [0.1, 0.15) is 11.5 Å². The number of amidine groups is 1. The van der Waals surface area contributed by atoms with E-state index < -0.39 is 5.97 Å². The average Bonchev–Trinajstić information content (AvgIpc) is 3.27. The van der Waals surface area contributed by atoms with Crippen LogP contribution in [0.5, 0.6) is 11.5 Å². The minimum absolute atomic E-state index is 0.246. The van der Waals surface area contributed by atoms with Crippen LogP contribution in [0, 0.1) is 0 Å². The van der Waals surface area contributed by atoms with Gasteiger partial charge in [0, 0.05) is 10.0 Å². The van der Waals surface area contributed by atoms with E-state index in [4.69, 9.17) is 14.2 Å². The number of nitrogens with zero attached hydrogens (tertiary/aromatic N) is 1. The zero-order valence-electron chi connectivity index (χ0n) is 21.0. The highest BCUT2D eigenvalue weighted by atomic mass is 79.9. The summed E-state index contributed by atoms with van der Waals surface area (Å²) in [5.41, 5.74) is 2.13. The lowest BCUT2D eigenvalue weighted by Crippen LogP contribution is -2.20. The van der Waals surface area contributed by atoms with Crippen molar-refractivity contribution in [3.05, 3.63) is 87.2 Å². The number of halogens is 1. The van der Waals surface area contributed by atoms with Crippen LogP contribution in [0.3, 0.4) is 0 Å². The minimum Gasteiger partial charge on any atom is -0.495 e. The number of nitrogens with one attached hydrogen (secondary N) is 2. The first kappa shape index (κ1) is 27.9. The number of anilines is 1. The number of hydrogen-bond acceptors (Lipinski definition) is 8. The highest BCUT2D eigenvalue weighted by Crippen LogP contribution is 2.32. The van der Waals surface area contributed by atoms with Crippen molar-refractivity contribution in [1.29, 1.82) is 0 Å². The van der Waals surface area contributed by atoms with Crippen molar-refractivity contribution >= 4 is 68.1 Å². The molecule has 2 N–H and O–H groups in total. The van der Waals surface area contributed by atoms with Crippen molar-refractivity contribution < 1.29 is 28.6 Å². The SMILES string of the molecule is CCOC(=O)c1ccc(N=C2NC(=O)C(=Cc3cc(Br)ccc3OCC(=O)Nc3ccccc3OC)S2)cc1. The molecule has 4 rings (SSSR count). The third-order valence-corrected chi connectivity index (χ3v) is 6.66. The van der Waals surface area contributed by atoms with Gasteiger partial charge in [0.05, 0.1) is 35.6 Å². The Kier molecular flexibility index (Phi) is 9.40. The van der Waals surface area contributed by atoms with Crippen LogP contribution in [0.15, 0.2) is 81.1 Å². The average molecular weight is 610 g/mol. The summed E-state index contributed by atoms with van der Waals surface area (Å²) in [6.45, 7) is 1.79. The smallest absolute Gasteiger partial charge is 0.338 e. The lowest BCUT2D eigenvalue weighted by Gasteiger charge is -2.12. The van der Waals surface area contributed by atoms with Crippen LogP contribution in [0.25, 0.3) is 6.08 Å². The van der Waals surface area contributed by atoms with E-state index in [2.05, 4.69) is 31.6 Å². The van der Waals surface area contributed by atoms with Gasteiger partial charge >= 0.3 is 5.97 Å². The topological polar surface area (TPSA) is 115 Å². The molecular formula is C28H24BrN3O6S. The molecule has 1 fully saturated rings. The van der Waals surface area contributed by atoms with Gasteiger partial charge in [0.15, 0.2) is 11.8 Å². The quantitative estimate of drug-likeness (QED) is 0.241. The van der Waals surface area contributed by atoms with Crippen LogP contribution in [0.1, 0.15) is 22.8 Å². The van der Waals surface area contributed by atoms with E-state index >= 15 is 0 Å². The Balaban J connectivity index is 1.45. The number of hydrogen-bond donors (Lipinski definition) is 2. The zero-order chi connectivity index (χ0) is 27.8. The summed E-state index contributed by atoms with van der Waals surface area (Å²) in [4.78, 5) is 41.8. The van der Waals surface area contributed by atoms with E-state index in [9.17, 15) is 14.4 Å². The maximum Gasteiger partial charge on any atom is 0.338 e. The Morgan fingerprint density at radius 1 is 1.08 bits per heavy atom. The second-order valence-corrected chi connectivity index (χ2v) is 9.91. The molecule has 0 unspecified atom stereocenters. The lowest BCUT2D eigenvalue weighted by molar-refractivity contribution is -0.118. The number of carbonyl (C=O) groups excluding carboxylic acids is 3. The van der Waals surface area contributed by atoms with Crippen molar-refractivity contribution in [3.63, 3.8) is 0 Å². The third kappa shape index (κ3) is 7.49. The summed E-state index contributed by atoms with van der Waals surface area (Å²) in [5.74, 6) is -0.125. The molecule has 3 aromatic rings. The molecule has 0 spiro atoms. The summed E-state index contributed by atoms with van der Waals surface area (Å²) in [6.07, 6.45) is 1.67. The molecule has 0 aromatic heterocycles. The van der Waals surface area contributed by atoms with Crippen molar-refractivity contribution in [1.82, 2.24) is 5.32 Å². The summed E-state index contributed by atoms with van der Waals surface area (Å²) in [7, 11) is 1.53. The van der Waals surface area contributed by atoms with Crippen LogP contribution in [0.4, 0.5) is 11.4 Å². The van der Waals surface area contributed by atoms with Crippen LogP contribution < -0.4 is 20.1 Å². The molecule has 3 aromatic carbocycles. The number of esters is 1. The molecule has 0 aliphatic carbocycles. The minimum atomic E-state index is -0.408. The van der Waals surface area contributed by atoms with Gasteiger partial charge in [0.25, 0.3) is 11.8 Å². The van der Waals surface area contributed by atoms with Gasteiger partial charge < -0.3 is 24.8 Å². The number of rotatable bonds is 9. The predicted octanol–water partition coefficient (Wildman–Crippen LogP) is 5.54. The number of carbonyl (C=O) groups is 3. The largest absolute Gasteiger partial charge is 0.495 e. The number of benzene rings is 3. The van der Waals surface area contributed by atoms with Gasteiger partial charge in [-0.15, -0.1) is 0 Å². The Bertz CT molecular complexity index is 1460. The van der Waals surface area contributed by atoms with Gasteiger partial charge in [-0.25, -0.2) is 9.79 Å². The number of amides is 2. The van der Waals surface area contributed by atoms with Crippen LogP contribution in [0.2, 0.25) is 0 Å². The standard InChI is InChI=1S/C28H24BrN3O6S/c1-3-37-27(35)17-8-11-20(12-9-17)30-28-32-26(34)24(39-28)15-18-14-19(29)10-13-22(18)38-16-25(33)31-21-6-4-5-7-23(21)36-2/h4-15H,3,16H2,1-2H3,(H,31,33)(H,30,32,34). The van der Waals surface area contributed by atoms with Gasteiger partial charge in [-0.05, 0) is 79.4 Å². The fraction of sp³-hybridized carbons (Fsp3) is 0.143. The Morgan fingerprint density at radius 2 is 1.85 bits per heavy atom. The number of thioether (sulfide) groups is 1. The first-order valence-corrected chi connectivity index (χ1v) is 13.4. The number of methoxy groups -OCH3 is 1. The van der Waals surface area contributed by atoms with Crippen LogP contribution in [-0.2, 0) is 14.3 Å². The molecular weight excluding hydrogens is 586 g/mol. The third-order valence-electron chi connectivity index (χ3n) is 5.26. The van der Waals surface area contributed by atoms with Crippen molar-refractivity contribution in [3.8, 4) is 11.5 Å². The maximum atomic E-state index is 12.6. The molecule has 0 saturated carbocycles. The predicted molar refractivity (Wildman–Crippen MR) is 154 cm³/mol. The molecule has 0 radical (unpaired) electrons. The van der Waals surface area contributed by atoms with E-state index in [0.29, 0.717) is 50.7 Å². The van der Waals surface area contributed by atoms with Crippen molar-refractivity contribution in [2.75, 3.05) is 25.6 Å². The zero-order valence-corrected chi connectivity index (χ0v) is 23.4. The van der Waals surface area contributed by atoms with Gasteiger partial charge in [-0.2, -0.15) is 0 Å². The molecule has 1 heterocycles. The van der Waals surface area contributed by atoms with Crippen molar-refractivity contribution in [2.45, 2.75) is 6.92 Å². The Labute approximate surface area is 237 Å². The van der Waals surface area contributed by atoms with Crippen molar-refractivity contribution in [2.24, 2.45) is 4.99 Å². The fourth-order valence-electron chi connectivity index (χ4n) is 3.47. The lowest BCUT2D eigenvalue weighted by atomic mass is 10.2. The molecule has 1 aliphatic rings. The van der Waals surface area contributed by atoms with E-state index in [1.807, 2.05) is 6.07 Å². The molecule has 0 bridgehead atoms. The van der Waals surface area contributed by atoms with Gasteiger partial charge in [-0.3, -0.25) is 9.59 Å². The van der Waals surface area contributed by atoms with Gasteiger partial charge in [-0.1, -0.05) is 28.1 Å². The second-order valence-electron chi connectivity index (χ2n) is 7.97. The molecule has 11 heteroatoms. The number of para-hydroxylation sites is 2.